The Morgan fingerprint density at radius 2 is 1.79 bits per heavy atom. The molecule has 1 atom stereocenters. The third-order valence-electron chi connectivity index (χ3n) is 5.22. The minimum absolute atomic E-state index is 0.124. The van der Waals surface area contributed by atoms with E-state index in [0.29, 0.717) is 24.2 Å². The highest BCUT2D eigenvalue weighted by Crippen LogP contribution is 2.36. The van der Waals surface area contributed by atoms with Crippen LogP contribution in [0.4, 0.5) is 0 Å². The topological polar surface area (TPSA) is 84.5 Å². The van der Waals surface area contributed by atoms with E-state index in [-0.39, 0.29) is 16.8 Å². The predicted molar refractivity (Wildman–Crippen MR) is 108 cm³/mol. The number of hydrogen-bond donors (Lipinski definition) is 2. The van der Waals surface area contributed by atoms with E-state index in [9.17, 15) is 13.2 Å². The summed E-state index contributed by atoms with van der Waals surface area (Å²) in [5, 5.41) is 3.05. The largest absolute Gasteiger partial charge is 0.493 e. The van der Waals surface area contributed by atoms with Crippen LogP contribution in [0.1, 0.15) is 50.6 Å². The molecule has 2 N–H and O–H groups in total. The average molecular weight is 403 g/mol. The molecule has 0 aromatic heterocycles. The summed E-state index contributed by atoms with van der Waals surface area (Å²) in [5.74, 6) is 0.522. The van der Waals surface area contributed by atoms with Gasteiger partial charge in [0.15, 0.2) is 0 Å². The van der Waals surface area contributed by atoms with E-state index in [1.54, 1.807) is 19.9 Å². The smallest absolute Gasteiger partial charge is 0.251 e. The quantitative estimate of drug-likeness (QED) is 0.823. The van der Waals surface area contributed by atoms with Gasteiger partial charge in [-0.2, -0.15) is 0 Å². The highest BCUT2D eigenvalue weighted by Gasteiger charge is 2.26. The van der Waals surface area contributed by atoms with Crippen molar-refractivity contribution in [2.24, 2.45) is 0 Å². The summed E-state index contributed by atoms with van der Waals surface area (Å²) in [5.41, 5.74) is 4.82. The van der Waals surface area contributed by atoms with E-state index in [1.165, 1.54) is 13.1 Å². The van der Waals surface area contributed by atoms with Crippen LogP contribution < -0.4 is 14.8 Å². The van der Waals surface area contributed by atoms with Crippen LogP contribution in [0.25, 0.3) is 0 Å². The third kappa shape index (κ3) is 3.77. The molecule has 0 saturated heterocycles. The Labute approximate surface area is 166 Å². The van der Waals surface area contributed by atoms with E-state index < -0.39 is 10.0 Å². The van der Waals surface area contributed by atoms with Crippen LogP contribution >= 0.6 is 0 Å². The Morgan fingerprint density at radius 3 is 2.46 bits per heavy atom. The second kappa shape index (κ2) is 7.56. The van der Waals surface area contributed by atoms with Crippen LogP contribution in [0.5, 0.6) is 5.75 Å². The molecule has 6 nitrogen and oxygen atoms in total. The Hall–Kier alpha value is -2.38. The first-order valence-corrected chi connectivity index (χ1v) is 10.7. The summed E-state index contributed by atoms with van der Waals surface area (Å²) in [6.07, 6.45) is 0.661. The van der Waals surface area contributed by atoms with Crippen LogP contribution in [-0.2, 0) is 10.0 Å². The van der Waals surface area contributed by atoms with E-state index >= 15 is 0 Å². The first-order chi connectivity index (χ1) is 13.1. The second-order valence-corrected chi connectivity index (χ2v) is 9.14. The number of sulfonamides is 1. The second-order valence-electron chi connectivity index (χ2n) is 7.29. The molecule has 1 amide bonds. The number of hydrogen-bond acceptors (Lipinski definition) is 4. The number of fused-ring (bicyclic) bond motifs is 1. The number of ether oxygens (including phenoxy) is 1. The fourth-order valence-electron chi connectivity index (χ4n) is 3.62. The maximum Gasteiger partial charge on any atom is 0.251 e. The van der Waals surface area contributed by atoms with Crippen LogP contribution in [0.15, 0.2) is 29.2 Å². The Morgan fingerprint density at radius 1 is 1.07 bits per heavy atom. The molecule has 1 aliphatic heterocycles. The molecule has 0 fully saturated rings. The van der Waals surface area contributed by atoms with Crippen LogP contribution in [-0.4, -0.2) is 28.0 Å². The van der Waals surface area contributed by atoms with Gasteiger partial charge >= 0.3 is 0 Å². The summed E-state index contributed by atoms with van der Waals surface area (Å²) in [4.78, 5) is 13.1. The van der Waals surface area contributed by atoms with Crippen molar-refractivity contribution in [3.05, 3.63) is 57.6 Å². The first-order valence-electron chi connectivity index (χ1n) is 9.23. The zero-order valence-corrected chi connectivity index (χ0v) is 17.7. The summed E-state index contributed by atoms with van der Waals surface area (Å²) in [6, 6.07) is 7.07. The molecular weight excluding hydrogens is 376 g/mol. The van der Waals surface area contributed by atoms with Gasteiger partial charge in [0.2, 0.25) is 10.0 Å². The maximum absolute atomic E-state index is 13.0. The molecule has 0 radical (unpaired) electrons. The molecule has 0 bridgehead atoms. The fourth-order valence-corrected chi connectivity index (χ4v) is 4.68. The lowest BCUT2D eigenvalue weighted by Gasteiger charge is -2.28. The van der Waals surface area contributed by atoms with Crippen molar-refractivity contribution in [1.29, 1.82) is 0 Å². The van der Waals surface area contributed by atoms with Gasteiger partial charge in [-0.25, -0.2) is 13.1 Å². The lowest BCUT2D eigenvalue weighted by atomic mass is 9.95. The molecule has 2 aromatic rings. The zero-order chi connectivity index (χ0) is 20.6. The molecule has 1 unspecified atom stereocenters. The lowest BCUT2D eigenvalue weighted by Crippen LogP contribution is -2.33. The molecule has 1 aliphatic rings. The van der Waals surface area contributed by atoms with Crippen molar-refractivity contribution in [2.45, 2.75) is 45.1 Å². The predicted octanol–water partition coefficient (Wildman–Crippen LogP) is 3.08. The van der Waals surface area contributed by atoms with Crippen LogP contribution in [0.3, 0.4) is 0 Å². The molecule has 0 aliphatic carbocycles. The normalized spacial score (nSPS) is 16.2. The molecule has 0 saturated carbocycles. The van der Waals surface area contributed by atoms with E-state index in [4.69, 9.17) is 4.74 Å². The minimum Gasteiger partial charge on any atom is -0.493 e. The molecule has 28 heavy (non-hydrogen) atoms. The van der Waals surface area contributed by atoms with Gasteiger partial charge in [-0.1, -0.05) is 17.7 Å². The molecule has 3 rings (SSSR count). The van der Waals surface area contributed by atoms with Gasteiger partial charge in [0, 0.05) is 17.5 Å². The van der Waals surface area contributed by atoms with Gasteiger partial charge in [-0.3, -0.25) is 4.79 Å². The number of rotatable bonds is 4. The Kier molecular flexibility index (Phi) is 5.50. The van der Waals surface area contributed by atoms with Crippen LogP contribution in [0, 0.1) is 27.7 Å². The maximum atomic E-state index is 13.0. The van der Waals surface area contributed by atoms with Gasteiger partial charge in [-0.15, -0.1) is 0 Å². The number of aryl methyl sites for hydroxylation is 3. The van der Waals surface area contributed by atoms with Gasteiger partial charge in [-0.05, 0) is 63.6 Å². The average Bonchev–Trinajstić information content (AvgIpc) is 2.64. The van der Waals surface area contributed by atoms with Crippen molar-refractivity contribution in [2.75, 3.05) is 13.7 Å². The van der Waals surface area contributed by atoms with Crippen LogP contribution in [0.2, 0.25) is 0 Å². The SMILES string of the molecule is CNS(=O)(=O)c1cc(C(=O)NC2CCOc3c(C)cc(C)cc32)cc(C)c1C. The monoisotopic (exact) mass is 402 g/mol. The van der Waals surface area contributed by atoms with Gasteiger partial charge in [0.05, 0.1) is 17.5 Å². The standard InChI is InChI=1S/C21H26N2O4S/c1-12-8-14(3)20-17(9-12)18(6-7-27-20)23-21(24)16-10-13(2)15(4)19(11-16)28(25,26)22-5/h8-11,18,22H,6-7H2,1-5H3,(H,23,24). The number of carbonyl (C=O) groups excluding carboxylic acids is 1. The van der Waals surface area contributed by atoms with E-state index in [2.05, 4.69) is 16.1 Å². The summed E-state index contributed by atoms with van der Waals surface area (Å²) < 4.78 is 32.8. The fraction of sp³-hybridized carbons (Fsp3) is 0.381. The molecule has 1 heterocycles. The number of benzene rings is 2. The van der Waals surface area contributed by atoms with Crippen molar-refractivity contribution < 1.29 is 17.9 Å². The van der Waals surface area contributed by atoms with Crippen molar-refractivity contribution in [1.82, 2.24) is 10.0 Å². The van der Waals surface area contributed by atoms with Gasteiger partial charge < -0.3 is 10.1 Å². The molecule has 7 heteroatoms. The number of amides is 1. The van der Waals surface area contributed by atoms with Crippen molar-refractivity contribution in [3.63, 3.8) is 0 Å². The zero-order valence-electron chi connectivity index (χ0n) is 16.8. The highest BCUT2D eigenvalue weighted by atomic mass is 32.2. The highest BCUT2D eigenvalue weighted by molar-refractivity contribution is 7.89. The van der Waals surface area contributed by atoms with Crippen molar-refractivity contribution in [3.8, 4) is 5.75 Å². The van der Waals surface area contributed by atoms with Gasteiger partial charge in [0.1, 0.15) is 5.75 Å². The van der Waals surface area contributed by atoms with Crippen molar-refractivity contribution >= 4 is 15.9 Å². The molecule has 150 valence electrons. The third-order valence-corrected chi connectivity index (χ3v) is 6.76. The number of nitrogens with one attached hydrogen (secondary N) is 2. The molecular formula is C21H26N2O4S. The Balaban J connectivity index is 1.96. The van der Waals surface area contributed by atoms with Gasteiger partial charge in [0.25, 0.3) is 5.91 Å². The lowest BCUT2D eigenvalue weighted by molar-refractivity contribution is 0.0924. The number of carbonyl (C=O) groups is 1. The minimum atomic E-state index is -3.65. The molecule has 0 spiro atoms. The summed E-state index contributed by atoms with van der Waals surface area (Å²) in [7, 11) is -2.29. The molecule has 2 aromatic carbocycles. The Bertz CT molecular complexity index is 1040. The summed E-state index contributed by atoms with van der Waals surface area (Å²) >= 11 is 0. The van der Waals surface area contributed by atoms with E-state index in [1.807, 2.05) is 19.9 Å². The summed E-state index contributed by atoms with van der Waals surface area (Å²) in [6.45, 7) is 8.07. The van der Waals surface area contributed by atoms with E-state index in [0.717, 1.165) is 28.0 Å². The first kappa shape index (κ1) is 20.4.